The van der Waals surface area contributed by atoms with Gasteiger partial charge in [-0.1, -0.05) is 27.5 Å². The van der Waals surface area contributed by atoms with E-state index in [4.69, 9.17) is 16.3 Å². The second kappa shape index (κ2) is 5.59. The van der Waals surface area contributed by atoms with Crippen LogP contribution in [0.5, 0.6) is 5.75 Å². The monoisotopic (exact) mass is 277 g/mol. The van der Waals surface area contributed by atoms with Crippen LogP contribution in [0.25, 0.3) is 0 Å². The van der Waals surface area contributed by atoms with E-state index < -0.39 is 0 Å². The Morgan fingerprint density at radius 3 is 2.79 bits per heavy atom. The van der Waals surface area contributed by atoms with E-state index in [1.165, 1.54) is 0 Å². The van der Waals surface area contributed by atoms with Crippen molar-refractivity contribution < 1.29 is 4.74 Å². The highest BCUT2D eigenvalue weighted by Gasteiger charge is 2.06. The number of rotatable bonds is 4. The Morgan fingerprint density at radius 1 is 1.50 bits per heavy atom. The number of hydrogen-bond donors (Lipinski definition) is 1. The SMILES string of the molecule is CNCCOc1c(C)cc(Br)cc1Cl. The smallest absolute Gasteiger partial charge is 0.140 e. The average Bonchev–Trinajstić information content (AvgIpc) is 2.09. The minimum atomic E-state index is 0.624. The van der Waals surface area contributed by atoms with E-state index in [0.29, 0.717) is 11.6 Å². The molecule has 2 nitrogen and oxygen atoms in total. The lowest BCUT2D eigenvalue weighted by molar-refractivity contribution is 0.316. The van der Waals surface area contributed by atoms with Crippen LogP contribution in [0.15, 0.2) is 16.6 Å². The van der Waals surface area contributed by atoms with Gasteiger partial charge in [0.2, 0.25) is 0 Å². The molecule has 0 aliphatic heterocycles. The van der Waals surface area contributed by atoms with E-state index >= 15 is 0 Å². The summed E-state index contributed by atoms with van der Waals surface area (Å²) in [6, 6.07) is 3.82. The molecule has 0 aliphatic carbocycles. The van der Waals surface area contributed by atoms with Crippen molar-refractivity contribution in [3.8, 4) is 5.75 Å². The molecule has 0 fully saturated rings. The van der Waals surface area contributed by atoms with Gasteiger partial charge in [0.15, 0.2) is 0 Å². The van der Waals surface area contributed by atoms with E-state index in [9.17, 15) is 0 Å². The Labute approximate surface area is 97.7 Å². The highest BCUT2D eigenvalue weighted by atomic mass is 79.9. The first kappa shape index (κ1) is 11.8. The summed E-state index contributed by atoms with van der Waals surface area (Å²) in [5.41, 5.74) is 1.04. The van der Waals surface area contributed by atoms with Gasteiger partial charge in [0.25, 0.3) is 0 Å². The third-order valence-electron chi connectivity index (χ3n) is 1.79. The number of aryl methyl sites for hydroxylation is 1. The van der Waals surface area contributed by atoms with Gasteiger partial charge in [-0.05, 0) is 31.7 Å². The highest BCUT2D eigenvalue weighted by molar-refractivity contribution is 9.10. The van der Waals surface area contributed by atoms with Crippen LogP contribution < -0.4 is 10.1 Å². The van der Waals surface area contributed by atoms with Crippen molar-refractivity contribution in [1.29, 1.82) is 0 Å². The van der Waals surface area contributed by atoms with Gasteiger partial charge in [0.05, 0.1) is 5.02 Å². The van der Waals surface area contributed by atoms with Gasteiger partial charge < -0.3 is 10.1 Å². The predicted molar refractivity (Wildman–Crippen MR) is 63.3 cm³/mol. The summed E-state index contributed by atoms with van der Waals surface area (Å²) >= 11 is 9.41. The van der Waals surface area contributed by atoms with E-state index in [1.54, 1.807) is 0 Å². The molecule has 78 valence electrons. The number of nitrogens with one attached hydrogen (secondary N) is 1. The van der Waals surface area contributed by atoms with E-state index in [1.807, 2.05) is 26.1 Å². The van der Waals surface area contributed by atoms with Crippen molar-refractivity contribution in [1.82, 2.24) is 5.32 Å². The van der Waals surface area contributed by atoms with Crippen LogP contribution in [0.1, 0.15) is 5.56 Å². The number of likely N-dealkylation sites (N-methyl/N-ethyl adjacent to an activating group) is 1. The fraction of sp³-hybridized carbons (Fsp3) is 0.400. The Bertz CT molecular complexity index is 294. The minimum absolute atomic E-state index is 0.624. The summed E-state index contributed by atoms with van der Waals surface area (Å²) in [6.07, 6.45) is 0. The molecule has 0 unspecified atom stereocenters. The maximum absolute atomic E-state index is 6.04. The Kier molecular flexibility index (Phi) is 4.72. The van der Waals surface area contributed by atoms with Gasteiger partial charge in [-0.25, -0.2) is 0 Å². The normalized spacial score (nSPS) is 10.3. The molecule has 0 saturated carbocycles. The molecule has 0 spiro atoms. The van der Waals surface area contributed by atoms with Crippen molar-refractivity contribution in [3.63, 3.8) is 0 Å². The molecule has 0 amide bonds. The lowest BCUT2D eigenvalue weighted by atomic mass is 10.2. The van der Waals surface area contributed by atoms with Crippen LogP contribution in [-0.2, 0) is 0 Å². The van der Waals surface area contributed by atoms with Crippen LogP contribution in [0, 0.1) is 6.92 Å². The first-order valence-electron chi connectivity index (χ1n) is 4.38. The Balaban J connectivity index is 2.75. The van der Waals surface area contributed by atoms with Crippen LogP contribution in [0.2, 0.25) is 5.02 Å². The summed E-state index contributed by atoms with van der Waals surface area (Å²) in [5, 5.41) is 3.66. The minimum Gasteiger partial charge on any atom is -0.490 e. The van der Waals surface area contributed by atoms with Crippen LogP contribution in [-0.4, -0.2) is 20.2 Å². The van der Waals surface area contributed by atoms with Crippen molar-refractivity contribution in [3.05, 3.63) is 27.2 Å². The quantitative estimate of drug-likeness (QED) is 0.855. The molecule has 0 bridgehead atoms. The van der Waals surface area contributed by atoms with E-state index in [-0.39, 0.29) is 0 Å². The number of halogens is 2. The summed E-state index contributed by atoms with van der Waals surface area (Å²) in [7, 11) is 1.89. The van der Waals surface area contributed by atoms with Gasteiger partial charge in [-0.15, -0.1) is 0 Å². The predicted octanol–water partition coefficient (Wildman–Crippen LogP) is 3.01. The topological polar surface area (TPSA) is 21.3 Å². The zero-order valence-electron chi connectivity index (χ0n) is 8.23. The molecule has 1 aromatic carbocycles. The molecule has 14 heavy (non-hydrogen) atoms. The fourth-order valence-corrected chi connectivity index (χ4v) is 2.15. The summed E-state index contributed by atoms with van der Waals surface area (Å²) < 4.78 is 6.52. The zero-order chi connectivity index (χ0) is 10.6. The average molecular weight is 279 g/mol. The summed E-state index contributed by atoms with van der Waals surface area (Å²) in [6.45, 7) is 3.41. The summed E-state index contributed by atoms with van der Waals surface area (Å²) in [5.74, 6) is 0.769. The lowest BCUT2D eigenvalue weighted by Gasteiger charge is -2.11. The molecule has 0 aliphatic rings. The maximum atomic E-state index is 6.04. The molecule has 1 N–H and O–H groups in total. The molecule has 4 heteroatoms. The van der Waals surface area contributed by atoms with Gasteiger partial charge in [-0.2, -0.15) is 0 Å². The number of benzene rings is 1. The second-order valence-corrected chi connectivity index (χ2v) is 4.31. The third-order valence-corrected chi connectivity index (χ3v) is 2.53. The number of ether oxygens (including phenoxy) is 1. The number of hydrogen-bond acceptors (Lipinski definition) is 2. The fourth-order valence-electron chi connectivity index (χ4n) is 1.13. The highest BCUT2D eigenvalue weighted by Crippen LogP contribution is 2.31. The maximum Gasteiger partial charge on any atom is 0.140 e. The van der Waals surface area contributed by atoms with Crippen LogP contribution in [0.3, 0.4) is 0 Å². The molecular formula is C10H13BrClNO. The Morgan fingerprint density at radius 2 is 2.21 bits per heavy atom. The second-order valence-electron chi connectivity index (χ2n) is 2.99. The van der Waals surface area contributed by atoms with Crippen molar-refractivity contribution in [2.24, 2.45) is 0 Å². The first-order valence-corrected chi connectivity index (χ1v) is 5.55. The van der Waals surface area contributed by atoms with Crippen molar-refractivity contribution >= 4 is 27.5 Å². The molecule has 0 atom stereocenters. The van der Waals surface area contributed by atoms with Gasteiger partial charge in [-0.3, -0.25) is 0 Å². The summed E-state index contributed by atoms with van der Waals surface area (Å²) in [4.78, 5) is 0. The largest absolute Gasteiger partial charge is 0.490 e. The molecular weight excluding hydrogens is 265 g/mol. The molecule has 1 rings (SSSR count). The third kappa shape index (κ3) is 3.15. The van der Waals surface area contributed by atoms with E-state index in [2.05, 4.69) is 21.2 Å². The van der Waals surface area contributed by atoms with Gasteiger partial charge >= 0.3 is 0 Å². The standard InChI is InChI=1S/C10H13BrClNO/c1-7-5-8(11)6-9(12)10(7)14-4-3-13-2/h5-6,13H,3-4H2,1-2H3. The van der Waals surface area contributed by atoms with Crippen LogP contribution in [0.4, 0.5) is 0 Å². The first-order chi connectivity index (χ1) is 6.65. The molecule has 0 heterocycles. The van der Waals surface area contributed by atoms with Crippen molar-refractivity contribution in [2.45, 2.75) is 6.92 Å². The molecule has 0 saturated heterocycles. The molecule has 0 aromatic heterocycles. The molecule has 0 radical (unpaired) electrons. The van der Waals surface area contributed by atoms with E-state index in [0.717, 1.165) is 22.3 Å². The van der Waals surface area contributed by atoms with Crippen molar-refractivity contribution in [2.75, 3.05) is 20.2 Å². The Hall–Kier alpha value is -0.250. The van der Waals surface area contributed by atoms with Gasteiger partial charge in [0.1, 0.15) is 12.4 Å². The van der Waals surface area contributed by atoms with Crippen LogP contribution >= 0.6 is 27.5 Å². The zero-order valence-corrected chi connectivity index (χ0v) is 10.6. The lowest BCUT2D eigenvalue weighted by Crippen LogP contribution is -2.16. The molecule has 1 aromatic rings. The van der Waals surface area contributed by atoms with Gasteiger partial charge in [0, 0.05) is 11.0 Å².